The smallest absolute Gasteiger partial charge is 0.130 e. The highest BCUT2D eigenvalue weighted by atomic mass is 16.1. The first-order chi connectivity index (χ1) is 11.8. The van der Waals surface area contributed by atoms with Crippen molar-refractivity contribution in [1.82, 2.24) is 4.90 Å². The fraction of sp³-hybridized carbons (Fsp3) is 0.522. The molecule has 0 N–H and O–H groups in total. The Morgan fingerprint density at radius 3 is 2.08 bits per heavy atom. The molecule has 2 aromatic rings. The van der Waals surface area contributed by atoms with Gasteiger partial charge < -0.3 is 4.79 Å². The van der Waals surface area contributed by atoms with Gasteiger partial charge in [0.05, 0.1) is 5.41 Å². The summed E-state index contributed by atoms with van der Waals surface area (Å²) in [6.07, 6.45) is 2.05. The van der Waals surface area contributed by atoms with Crippen molar-refractivity contribution in [3.8, 4) is 0 Å². The van der Waals surface area contributed by atoms with Crippen LogP contribution in [0.2, 0.25) is 0 Å². The van der Waals surface area contributed by atoms with Gasteiger partial charge in [-0.15, -0.1) is 0 Å². The molecule has 0 saturated carbocycles. The molecule has 0 bridgehead atoms. The molecule has 2 aromatic carbocycles. The lowest BCUT2D eigenvalue weighted by molar-refractivity contribution is -0.114. The first-order valence-corrected chi connectivity index (χ1v) is 9.53. The summed E-state index contributed by atoms with van der Waals surface area (Å²) in [6, 6.07) is 15.7. The third-order valence-corrected chi connectivity index (χ3v) is 5.64. The molecule has 0 heterocycles. The lowest BCUT2D eigenvalue weighted by atomic mass is 9.69. The average Bonchev–Trinajstić information content (AvgIpc) is 2.57. The Bertz CT molecular complexity index is 691. The van der Waals surface area contributed by atoms with Crippen molar-refractivity contribution in [3.05, 3.63) is 48.0 Å². The third kappa shape index (κ3) is 3.95. The van der Waals surface area contributed by atoms with Crippen molar-refractivity contribution >= 4 is 17.1 Å². The number of rotatable bonds is 8. The monoisotopic (exact) mass is 339 g/mol. The van der Waals surface area contributed by atoms with Gasteiger partial charge in [0.2, 0.25) is 0 Å². The Morgan fingerprint density at radius 1 is 0.920 bits per heavy atom. The molecule has 1 unspecified atom stereocenters. The van der Waals surface area contributed by atoms with E-state index in [0.29, 0.717) is 12.1 Å². The quantitative estimate of drug-likeness (QED) is 0.597. The third-order valence-electron chi connectivity index (χ3n) is 5.64. The first kappa shape index (κ1) is 19.7. The summed E-state index contributed by atoms with van der Waals surface area (Å²) in [5.74, 6) is 0.247. The molecular weight excluding hydrogens is 306 g/mol. The summed E-state index contributed by atoms with van der Waals surface area (Å²) in [4.78, 5) is 14.9. The van der Waals surface area contributed by atoms with E-state index in [0.717, 1.165) is 13.0 Å². The summed E-state index contributed by atoms with van der Waals surface area (Å²) >= 11 is 0. The van der Waals surface area contributed by atoms with Gasteiger partial charge in [-0.25, -0.2) is 0 Å². The Kier molecular flexibility index (Phi) is 6.40. The van der Waals surface area contributed by atoms with Gasteiger partial charge in [-0.2, -0.15) is 0 Å². The number of carbonyl (C=O) groups is 1. The van der Waals surface area contributed by atoms with Crippen molar-refractivity contribution in [2.24, 2.45) is 5.92 Å². The molecule has 0 fully saturated rings. The normalized spacial score (nSPS) is 14.6. The van der Waals surface area contributed by atoms with Crippen molar-refractivity contribution in [3.63, 3.8) is 0 Å². The van der Waals surface area contributed by atoms with Gasteiger partial charge in [-0.05, 0) is 62.9 Å². The lowest BCUT2D eigenvalue weighted by Gasteiger charge is -2.38. The highest BCUT2D eigenvalue weighted by Gasteiger charge is 2.37. The van der Waals surface area contributed by atoms with Gasteiger partial charge in [-0.3, -0.25) is 4.90 Å². The fourth-order valence-corrected chi connectivity index (χ4v) is 4.05. The second-order valence-corrected chi connectivity index (χ2v) is 8.01. The second-order valence-electron chi connectivity index (χ2n) is 8.01. The Hall–Kier alpha value is -1.67. The van der Waals surface area contributed by atoms with Crippen LogP contribution in [-0.4, -0.2) is 29.8 Å². The van der Waals surface area contributed by atoms with Gasteiger partial charge >= 0.3 is 0 Å². The van der Waals surface area contributed by atoms with Crippen LogP contribution < -0.4 is 0 Å². The van der Waals surface area contributed by atoms with Crippen LogP contribution in [0.3, 0.4) is 0 Å². The largest absolute Gasteiger partial charge is 0.302 e. The molecular formula is C23H33NO. The summed E-state index contributed by atoms with van der Waals surface area (Å²) < 4.78 is 0. The number of hydrogen-bond donors (Lipinski definition) is 0. The summed E-state index contributed by atoms with van der Waals surface area (Å²) in [5.41, 5.74) is 0.714. The number of aldehydes is 1. The minimum atomic E-state index is -0.455. The van der Waals surface area contributed by atoms with E-state index in [1.54, 1.807) is 0 Å². The van der Waals surface area contributed by atoms with E-state index in [9.17, 15) is 4.79 Å². The number of hydrogen-bond acceptors (Lipinski definition) is 2. The van der Waals surface area contributed by atoms with Crippen LogP contribution in [0.25, 0.3) is 10.8 Å². The SMILES string of the molecule is CC(C)N(CCC(C=O)(c1cccc2ccccc12)C(C)C)C(C)C. The number of nitrogens with zero attached hydrogens (tertiary/aromatic N) is 1. The molecule has 2 heteroatoms. The van der Waals surface area contributed by atoms with E-state index in [4.69, 9.17) is 0 Å². The predicted molar refractivity (Wildman–Crippen MR) is 108 cm³/mol. The van der Waals surface area contributed by atoms with Gasteiger partial charge in [0, 0.05) is 12.1 Å². The highest BCUT2D eigenvalue weighted by molar-refractivity contribution is 5.90. The Labute approximate surface area is 153 Å². The van der Waals surface area contributed by atoms with Crippen LogP contribution in [0.5, 0.6) is 0 Å². The average molecular weight is 340 g/mol. The van der Waals surface area contributed by atoms with Gasteiger partial charge in [0.25, 0.3) is 0 Å². The molecule has 2 nitrogen and oxygen atoms in total. The van der Waals surface area contributed by atoms with E-state index >= 15 is 0 Å². The van der Waals surface area contributed by atoms with Crippen LogP contribution in [0, 0.1) is 5.92 Å². The van der Waals surface area contributed by atoms with Gasteiger partial charge in [0.1, 0.15) is 6.29 Å². The van der Waals surface area contributed by atoms with E-state index in [-0.39, 0.29) is 5.92 Å². The standard InChI is InChI=1S/C23H33NO/c1-17(2)23(16-25,14-15-24(18(3)4)19(5)6)22-13-9-11-20-10-7-8-12-21(20)22/h7-13,16-19H,14-15H2,1-6H3. The molecule has 0 radical (unpaired) electrons. The van der Waals surface area contributed by atoms with E-state index in [1.807, 2.05) is 0 Å². The maximum Gasteiger partial charge on any atom is 0.130 e. The zero-order valence-corrected chi connectivity index (χ0v) is 16.6. The zero-order chi connectivity index (χ0) is 18.6. The summed E-state index contributed by atoms with van der Waals surface area (Å²) in [5, 5.41) is 2.41. The number of fused-ring (bicyclic) bond motifs is 1. The molecule has 0 aliphatic heterocycles. The van der Waals surface area contributed by atoms with Crippen molar-refractivity contribution < 1.29 is 4.79 Å². The van der Waals surface area contributed by atoms with Crippen molar-refractivity contribution in [1.29, 1.82) is 0 Å². The first-order valence-electron chi connectivity index (χ1n) is 9.53. The maximum absolute atomic E-state index is 12.4. The van der Waals surface area contributed by atoms with Crippen LogP contribution in [0.4, 0.5) is 0 Å². The number of benzene rings is 2. The van der Waals surface area contributed by atoms with Crippen molar-refractivity contribution in [2.45, 2.75) is 65.5 Å². The topological polar surface area (TPSA) is 20.3 Å². The minimum Gasteiger partial charge on any atom is -0.302 e. The van der Waals surface area contributed by atoms with E-state index in [2.05, 4.69) is 88.9 Å². The molecule has 136 valence electrons. The van der Waals surface area contributed by atoms with Crippen molar-refractivity contribution in [2.75, 3.05) is 6.54 Å². The van der Waals surface area contributed by atoms with Gasteiger partial charge in [0.15, 0.2) is 0 Å². The van der Waals surface area contributed by atoms with Crippen LogP contribution >= 0.6 is 0 Å². The van der Waals surface area contributed by atoms with Crippen LogP contribution in [-0.2, 0) is 10.2 Å². The molecule has 0 aliphatic carbocycles. The molecule has 0 aliphatic rings. The van der Waals surface area contributed by atoms with Crippen LogP contribution in [0.15, 0.2) is 42.5 Å². The maximum atomic E-state index is 12.4. The minimum absolute atomic E-state index is 0.247. The second kappa shape index (κ2) is 8.14. The lowest BCUT2D eigenvalue weighted by Crippen LogP contribution is -2.43. The van der Waals surface area contributed by atoms with Gasteiger partial charge in [-0.1, -0.05) is 56.3 Å². The molecule has 0 aromatic heterocycles. The molecule has 0 spiro atoms. The zero-order valence-electron chi connectivity index (χ0n) is 16.6. The highest BCUT2D eigenvalue weighted by Crippen LogP contribution is 2.38. The van der Waals surface area contributed by atoms with E-state index < -0.39 is 5.41 Å². The summed E-state index contributed by atoms with van der Waals surface area (Å²) in [6.45, 7) is 14.2. The Morgan fingerprint density at radius 2 is 1.52 bits per heavy atom. The number of carbonyl (C=O) groups excluding carboxylic acids is 1. The Balaban J connectivity index is 2.49. The fourth-order valence-electron chi connectivity index (χ4n) is 4.05. The molecule has 0 saturated heterocycles. The van der Waals surface area contributed by atoms with E-state index in [1.165, 1.54) is 22.6 Å². The molecule has 2 rings (SSSR count). The summed E-state index contributed by atoms with van der Waals surface area (Å²) in [7, 11) is 0. The molecule has 0 amide bonds. The predicted octanol–water partition coefficient (Wildman–Crippen LogP) is 5.44. The molecule has 1 atom stereocenters. The van der Waals surface area contributed by atoms with Crippen LogP contribution in [0.1, 0.15) is 53.5 Å². The molecule has 25 heavy (non-hydrogen) atoms.